The van der Waals surface area contributed by atoms with Crippen LogP contribution >= 0.6 is 11.3 Å². The maximum absolute atomic E-state index is 9.31. The fourth-order valence-corrected chi connectivity index (χ4v) is 2.69. The van der Waals surface area contributed by atoms with Gasteiger partial charge in [-0.3, -0.25) is 0 Å². The zero-order valence-corrected chi connectivity index (χ0v) is 8.93. The van der Waals surface area contributed by atoms with Crippen LogP contribution in [0.15, 0.2) is 17.5 Å². The van der Waals surface area contributed by atoms with Gasteiger partial charge in [0.2, 0.25) is 0 Å². The Morgan fingerprint density at radius 1 is 1.29 bits per heavy atom. The predicted octanol–water partition coefficient (Wildman–Crippen LogP) is 1.20. The third kappa shape index (κ3) is 1.36. The highest BCUT2D eigenvalue weighted by Crippen LogP contribution is 2.22. The molecule has 0 atom stereocenters. The van der Waals surface area contributed by atoms with Crippen LogP contribution in [0.25, 0.3) is 10.1 Å². The van der Waals surface area contributed by atoms with Crippen LogP contribution in [0.2, 0.25) is 0 Å². The molecule has 4 heteroatoms. The molecule has 0 saturated heterocycles. The molecule has 0 saturated carbocycles. The average molecular weight is 206 g/mol. The highest BCUT2D eigenvalue weighted by Gasteiger charge is 2.19. The highest BCUT2D eigenvalue weighted by atomic mass is 32.1. The second-order valence-corrected chi connectivity index (χ2v) is 4.36. The largest absolute Gasteiger partial charge is 0.490 e. The van der Waals surface area contributed by atoms with Gasteiger partial charge in [-0.2, -0.15) is 0 Å². The molecule has 1 aromatic heterocycles. The van der Waals surface area contributed by atoms with Gasteiger partial charge in [-0.15, -0.1) is 11.3 Å². The molecular weight excluding hydrogens is 195 g/mol. The standard InChI is InChI=1S/C10H11BO2S/c1-6-5-8-3-4-14-10(8)9(7(6)2)11(12)13/h3-5,12-13H,1-2H3. The summed E-state index contributed by atoms with van der Waals surface area (Å²) < 4.78 is 0.975. The van der Waals surface area contributed by atoms with Crippen molar-refractivity contribution in [3.63, 3.8) is 0 Å². The molecule has 0 radical (unpaired) electrons. The molecule has 0 fully saturated rings. The minimum atomic E-state index is -1.38. The van der Waals surface area contributed by atoms with Gasteiger partial charge in [-0.1, -0.05) is 6.07 Å². The molecule has 0 unspecified atom stereocenters. The van der Waals surface area contributed by atoms with Crippen molar-refractivity contribution in [3.8, 4) is 0 Å². The molecule has 0 bridgehead atoms. The number of thiophene rings is 1. The zero-order chi connectivity index (χ0) is 10.3. The van der Waals surface area contributed by atoms with E-state index in [1.165, 1.54) is 0 Å². The van der Waals surface area contributed by atoms with Crippen LogP contribution in [0.4, 0.5) is 0 Å². The minimum absolute atomic E-state index is 0.648. The maximum Gasteiger partial charge on any atom is 0.490 e. The van der Waals surface area contributed by atoms with E-state index in [-0.39, 0.29) is 0 Å². The average Bonchev–Trinajstić information content (AvgIpc) is 2.52. The summed E-state index contributed by atoms with van der Waals surface area (Å²) in [5, 5.41) is 21.7. The van der Waals surface area contributed by atoms with Crippen molar-refractivity contribution in [2.45, 2.75) is 13.8 Å². The normalized spacial score (nSPS) is 10.9. The van der Waals surface area contributed by atoms with Crippen LogP contribution in [-0.2, 0) is 0 Å². The Labute approximate surface area is 87.0 Å². The van der Waals surface area contributed by atoms with E-state index < -0.39 is 7.12 Å². The fraction of sp³-hybridized carbons (Fsp3) is 0.200. The molecule has 0 aliphatic carbocycles. The Hall–Kier alpha value is -0.835. The molecule has 0 aliphatic rings. The Balaban J connectivity index is 2.86. The molecule has 2 N–H and O–H groups in total. The van der Waals surface area contributed by atoms with Crippen molar-refractivity contribution in [2.75, 3.05) is 0 Å². The first-order valence-electron chi connectivity index (χ1n) is 4.44. The van der Waals surface area contributed by atoms with Crippen molar-refractivity contribution < 1.29 is 10.0 Å². The summed E-state index contributed by atoms with van der Waals surface area (Å²) in [5.74, 6) is 0. The van der Waals surface area contributed by atoms with Crippen LogP contribution in [-0.4, -0.2) is 17.2 Å². The summed E-state index contributed by atoms with van der Waals surface area (Å²) in [6, 6.07) is 4.07. The Morgan fingerprint density at radius 2 is 2.00 bits per heavy atom. The van der Waals surface area contributed by atoms with Crippen LogP contribution in [0.3, 0.4) is 0 Å². The fourth-order valence-electron chi connectivity index (χ4n) is 1.69. The smallest absolute Gasteiger partial charge is 0.423 e. The van der Waals surface area contributed by atoms with E-state index in [4.69, 9.17) is 0 Å². The van der Waals surface area contributed by atoms with E-state index in [0.717, 1.165) is 21.2 Å². The van der Waals surface area contributed by atoms with Gasteiger partial charge in [0.15, 0.2) is 0 Å². The number of hydrogen-bond acceptors (Lipinski definition) is 3. The number of fused-ring (bicyclic) bond motifs is 1. The van der Waals surface area contributed by atoms with Gasteiger partial charge in [-0.25, -0.2) is 0 Å². The monoisotopic (exact) mass is 206 g/mol. The SMILES string of the molecule is Cc1cc2ccsc2c(B(O)O)c1C. The number of rotatable bonds is 1. The quantitative estimate of drug-likeness (QED) is 0.688. The van der Waals surface area contributed by atoms with Gasteiger partial charge in [0.05, 0.1) is 0 Å². The van der Waals surface area contributed by atoms with E-state index >= 15 is 0 Å². The van der Waals surface area contributed by atoms with Crippen LogP contribution in [0, 0.1) is 13.8 Å². The first kappa shape index (κ1) is 9.71. The van der Waals surface area contributed by atoms with Crippen molar-refractivity contribution in [3.05, 3.63) is 28.6 Å². The lowest BCUT2D eigenvalue weighted by atomic mass is 9.75. The lowest BCUT2D eigenvalue weighted by Gasteiger charge is -2.09. The van der Waals surface area contributed by atoms with Crippen LogP contribution in [0.1, 0.15) is 11.1 Å². The van der Waals surface area contributed by atoms with E-state index in [0.29, 0.717) is 5.46 Å². The van der Waals surface area contributed by atoms with Gasteiger partial charge in [0, 0.05) is 10.2 Å². The van der Waals surface area contributed by atoms with Crippen molar-refractivity contribution >= 4 is 34.0 Å². The second kappa shape index (κ2) is 3.39. The van der Waals surface area contributed by atoms with Gasteiger partial charge in [-0.05, 0) is 41.8 Å². The number of benzene rings is 1. The summed E-state index contributed by atoms with van der Waals surface area (Å²) in [4.78, 5) is 0. The molecule has 2 aromatic rings. The Kier molecular flexibility index (Phi) is 2.35. The Bertz CT molecular complexity index is 476. The van der Waals surface area contributed by atoms with Gasteiger partial charge in [0.1, 0.15) is 0 Å². The lowest BCUT2D eigenvalue weighted by molar-refractivity contribution is 0.426. The summed E-state index contributed by atoms with van der Waals surface area (Å²) >= 11 is 1.55. The van der Waals surface area contributed by atoms with Crippen LogP contribution < -0.4 is 5.46 Å². The number of aryl methyl sites for hydroxylation is 1. The molecule has 2 nitrogen and oxygen atoms in total. The van der Waals surface area contributed by atoms with Gasteiger partial charge >= 0.3 is 7.12 Å². The van der Waals surface area contributed by atoms with Gasteiger partial charge in [0.25, 0.3) is 0 Å². The molecule has 2 rings (SSSR count). The van der Waals surface area contributed by atoms with Gasteiger partial charge < -0.3 is 10.0 Å². The van der Waals surface area contributed by atoms with E-state index in [2.05, 4.69) is 6.07 Å². The Morgan fingerprint density at radius 3 is 2.64 bits per heavy atom. The molecular formula is C10H11BO2S. The maximum atomic E-state index is 9.31. The third-order valence-corrected chi connectivity index (χ3v) is 3.53. The summed E-state index contributed by atoms with van der Waals surface area (Å²) in [6.07, 6.45) is 0. The number of hydrogen-bond donors (Lipinski definition) is 2. The molecule has 14 heavy (non-hydrogen) atoms. The minimum Gasteiger partial charge on any atom is -0.423 e. The van der Waals surface area contributed by atoms with Crippen molar-refractivity contribution in [1.82, 2.24) is 0 Å². The topological polar surface area (TPSA) is 40.5 Å². The van der Waals surface area contributed by atoms with Crippen LogP contribution in [0.5, 0.6) is 0 Å². The second-order valence-electron chi connectivity index (χ2n) is 3.44. The molecule has 0 aliphatic heterocycles. The first-order chi connectivity index (χ1) is 6.61. The van der Waals surface area contributed by atoms with Crippen molar-refractivity contribution in [1.29, 1.82) is 0 Å². The molecule has 1 heterocycles. The highest BCUT2D eigenvalue weighted by molar-refractivity contribution is 7.18. The summed E-state index contributed by atoms with van der Waals surface area (Å²) in [5.41, 5.74) is 2.71. The molecule has 72 valence electrons. The first-order valence-corrected chi connectivity index (χ1v) is 5.32. The zero-order valence-electron chi connectivity index (χ0n) is 8.11. The van der Waals surface area contributed by atoms with E-state index in [1.54, 1.807) is 11.3 Å². The van der Waals surface area contributed by atoms with E-state index in [1.807, 2.05) is 25.3 Å². The summed E-state index contributed by atoms with van der Waals surface area (Å²) in [7, 11) is -1.38. The van der Waals surface area contributed by atoms with E-state index in [9.17, 15) is 10.0 Å². The lowest BCUT2D eigenvalue weighted by Crippen LogP contribution is -2.32. The molecule has 0 spiro atoms. The molecule has 0 amide bonds. The summed E-state index contributed by atoms with van der Waals surface area (Å²) in [6.45, 7) is 3.90. The third-order valence-electron chi connectivity index (χ3n) is 2.57. The van der Waals surface area contributed by atoms with Crippen molar-refractivity contribution in [2.24, 2.45) is 0 Å². The predicted molar refractivity (Wildman–Crippen MR) is 61.1 cm³/mol. The molecule has 1 aromatic carbocycles.